The molecule has 0 atom stereocenters. The van der Waals surface area contributed by atoms with Crippen molar-refractivity contribution >= 4 is 0 Å². The maximum atomic E-state index is 3.56. The van der Waals surface area contributed by atoms with E-state index in [1.807, 2.05) is 65.9 Å². The van der Waals surface area contributed by atoms with E-state index in [4.69, 9.17) is 0 Å². The smallest absolute Gasteiger partial charge is 0.0140 e. The Morgan fingerprint density at radius 2 is 0.750 bits per heavy atom. The van der Waals surface area contributed by atoms with Gasteiger partial charge in [-0.2, -0.15) is 0 Å². The Morgan fingerprint density at radius 3 is 0.750 bits per heavy atom. The molecule has 0 N–H and O–H groups in total. The summed E-state index contributed by atoms with van der Waals surface area (Å²) in [6, 6.07) is 0. The molecule has 0 aromatic rings. The second-order valence-corrected chi connectivity index (χ2v) is 3.89. The van der Waals surface area contributed by atoms with Gasteiger partial charge < -0.3 is 9.80 Å². The molecule has 0 aromatic carbocycles. The highest BCUT2D eigenvalue weighted by Gasteiger charge is 1.58. The fraction of sp³-hybridized carbons (Fsp3) is 0.800. The molecule has 2 heteroatoms. The summed E-state index contributed by atoms with van der Waals surface area (Å²) in [5.74, 6) is 0. The Balaban J connectivity index is -0.000000101. The van der Waals surface area contributed by atoms with Crippen LogP contribution >= 0.6 is 0 Å². The predicted octanol–water partition coefficient (Wildman–Crippen LogP) is 1.94. The molecule has 0 radical (unpaired) electrons. The van der Waals surface area contributed by atoms with Crippen molar-refractivity contribution in [2.45, 2.75) is 13.8 Å². The average molecular weight is 174 g/mol. The fourth-order valence-electron chi connectivity index (χ4n) is 0. The van der Waals surface area contributed by atoms with Crippen molar-refractivity contribution in [2.24, 2.45) is 0 Å². The quantitative estimate of drug-likeness (QED) is 0.518. The van der Waals surface area contributed by atoms with Crippen LogP contribution in [0.15, 0.2) is 12.2 Å². The highest BCUT2D eigenvalue weighted by atomic mass is 15.0. The van der Waals surface area contributed by atoms with E-state index >= 15 is 0 Å². The van der Waals surface area contributed by atoms with Gasteiger partial charge in [-0.15, -0.1) is 6.58 Å². The van der Waals surface area contributed by atoms with Crippen molar-refractivity contribution in [1.29, 1.82) is 0 Å². The third-order valence-electron chi connectivity index (χ3n) is 0. The van der Waals surface area contributed by atoms with Gasteiger partial charge in [-0.1, -0.05) is 5.57 Å². The van der Waals surface area contributed by atoms with Crippen LogP contribution < -0.4 is 0 Å². The fourth-order valence-corrected chi connectivity index (χ4v) is 0. The normalized spacial score (nSPS) is 8.17. The van der Waals surface area contributed by atoms with E-state index in [1.54, 1.807) is 0 Å². The van der Waals surface area contributed by atoms with E-state index in [-0.39, 0.29) is 0 Å². The molecule has 0 unspecified atom stereocenters. The predicted molar refractivity (Wildman–Crippen MR) is 59.7 cm³/mol. The summed E-state index contributed by atoms with van der Waals surface area (Å²) < 4.78 is 0. The minimum atomic E-state index is 1.17. The van der Waals surface area contributed by atoms with Crippen LogP contribution in [0.25, 0.3) is 0 Å². The largest absolute Gasteiger partial charge is 0.312 e. The summed E-state index contributed by atoms with van der Waals surface area (Å²) in [5, 5.41) is 0. The molecule has 12 heavy (non-hydrogen) atoms. The van der Waals surface area contributed by atoms with Crippen LogP contribution in [0.1, 0.15) is 13.8 Å². The third kappa shape index (κ3) is 6270. The first-order chi connectivity index (χ1) is 5.20. The van der Waals surface area contributed by atoms with Crippen LogP contribution in [0.5, 0.6) is 0 Å². The van der Waals surface area contributed by atoms with E-state index in [0.29, 0.717) is 0 Å². The van der Waals surface area contributed by atoms with Gasteiger partial charge in [-0.3, -0.25) is 0 Å². The Kier molecular flexibility index (Phi) is 19.5. The molecular formula is C10H26N2. The van der Waals surface area contributed by atoms with E-state index in [1.165, 1.54) is 5.57 Å². The van der Waals surface area contributed by atoms with E-state index in [0.717, 1.165) is 0 Å². The molecule has 0 aliphatic carbocycles. The van der Waals surface area contributed by atoms with Crippen LogP contribution in [-0.4, -0.2) is 52.1 Å². The van der Waals surface area contributed by atoms with Crippen LogP contribution in [0.4, 0.5) is 0 Å². The molecule has 0 spiro atoms. The maximum Gasteiger partial charge on any atom is -0.0140 e. The first kappa shape index (κ1) is 17.7. The molecule has 76 valence electrons. The second-order valence-electron chi connectivity index (χ2n) is 3.89. The van der Waals surface area contributed by atoms with Crippen molar-refractivity contribution in [2.75, 3.05) is 42.3 Å². The van der Waals surface area contributed by atoms with Crippen LogP contribution in [0, 0.1) is 0 Å². The number of rotatable bonds is 0. The molecule has 0 aliphatic heterocycles. The van der Waals surface area contributed by atoms with Gasteiger partial charge >= 0.3 is 0 Å². The monoisotopic (exact) mass is 174 g/mol. The van der Waals surface area contributed by atoms with Crippen molar-refractivity contribution in [3.63, 3.8) is 0 Å². The zero-order valence-electron chi connectivity index (χ0n) is 10.1. The zero-order chi connectivity index (χ0) is 10.7. The summed E-state index contributed by atoms with van der Waals surface area (Å²) in [6.07, 6.45) is 0. The lowest BCUT2D eigenvalue weighted by molar-refractivity contribution is 0.505. The Morgan fingerprint density at radius 1 is 0.750 bits per heavy atom. The Bertz CT molecular complexity index is 70.3. The summed E-state index contributed by atoms with van der Waals surface area (Å²) >= 11 is 0. The van der Waals surface area contributed by atoms with Crippen molar-refractivity contribution < 1.29 is 0 Å². The highest BCUT2D eigenvalue weighted by Crippen LogP contribution is 1.73. The van der Waals surface area contributed by atoms with Gasteiger partial charge in [-0.05, 0) is 56.1 Å². The lowest BCUT2D eigenvalue weighted by atomic mass is 10.4. The molecule has 0 heterocycles. The molecule has 0 bridgehead atoms. The second kappa shape index (κ2) is 13.3. The van der Waals surface area contributed by atoms with Gasteiger partial charge in [-0.25, -0.2) is 0 Å². The summed E-state index contributed by atoms with van der Waals surface area (Å²) in [7, 11) is 12.0. The van der Waals surface area contributed by atoms with Gasteiger partial charge in [0, 0.05) is 0 Å². The number of hydrogen-bond donors (Lipinski definition) is 0. The van der Waals surface area contributed by atoms with Crippen molar-refractivity contribution in [1.82, 2.24) is 9.80 Å². The minimum absolute atomic E-state index is 1.17. The zero-order valence-corrected chi connectivity index (χ0v) is 10.1. The van der Waals surface area contributed by atoms with Gasteiger partial charge in [0.1, 0.15) is 0 Å². The summed E-state index contributed by atoms with van der Waals surface area (Å²) in [6.45, 7) is 7.50. The Labute approximate surface area is 78.9 Å². The molecule has 0 saturated heterocycles. The van der Waals surface area contributed by atoms with E-state index < -0.39 is 0 Å². The molecule has 0 amide bonds. The highest BCUT2D eigenvalue weighted by molar-refractivity contribution is 4.78. The van der Waals surface area contributed by atoms with Crippen LogP contribution in [-0.2, 0) is 0 Å². The number of nitrogens with zero attached hydrogens (tertiary/aromatic N) is 2. The van der Waals surface area contributed by atoms with Gasteiger partial charge in [0.2, 0.25) is 0 Å². The van der Waals surface area contributed by atoms with E-state index in [2.05, 4.69) is 6.58 Å². The van der Waals surface area contributed by atoms with Gasteiger partial charge in [0.15, 0.2) is 0 Å². The lowest BCUT2D eigenvalue weighted by Crippen LogP contribution is -1.99. The summed E-state index contributed by atoms with van der Waals surface area (Å²) in [5.41, 5.74) is 1.17. The minimum Gasteiger partial charge on any atom is -0.312 e. The van der Waals surface area contributed by atoms with Gasteiger partial charge in [0.25, 0.3) is 0 Å². The van der Waals surface area contributed by atoms with Crippen molar-refractivity contribution in [3.05, 3.63) is 12.2 Å². The molecule has 0 aromatic heterocycles. The van der Waals surface area contributed by atoms with Gasteiger partial charge in [0.05, 0.1) is 0 Å². The Hall–Kier alpha value is -0.340. The van der Waals surface area contributed by atoms with Crippen LogP contribution in [0.2, 0.25) is 0 Å². The van der Waals surface area contributed by atoms with Crippen LogP contribution in [0.3, 0.4) is 0 Å². The average Bonchev–Trinajstić information content (AvgIpc) is 1.54. The molecule has 0 fully saturated rings. The first-order valence-electron chi connectivity index (χ1n) is 4.04. The SMILES string of the molecule is C=C(C)C.CN(C)C.CN(C)C. The first-order valence-corrected chi connectivity index (χ1v) is 4.04. The molecule has 0 saturated carbocycles. The standard InChI is InChI=1S/C4H8.2C3H9N/c3*1-4(2)3/h1H2,2-3H3;2*1-3H3. The van der Waals surface area contributed by atoms with E-state index in [9.17, 15) is 0 Å². The molecular weight excluding hydrogens is 148 g/mol. The molecule has 2 nitrogen and oxygen atoms in total. The number of allylic oxidation sites excluding steroid dienone is 1. The number of hydrogen-bond acceptors (Lipinski definition) is 2. The summed E-state index contributed by atoms with van der Waals surface area (Å²) in [4.78, 5) is 4.00. The third-order valence-corrected chi connectivity index (χ3v) is 0. The van der Waals surface area contributed by atoms with Crippen molar-refractivity contribution in [3.8, 4) is 0 Å². The molecule has 0 aliphatic rings. The maximum absolute atomic E-state index is 3.56. The topological polar surface area (TPSA) is 6.48 Å². The lowest BCUT2D eigenvalue weighted by Gasteiger charge is -1.90. The molecule has 0 rings (SSSR count).